The van der Waals surface area contributed by atoms with E-state index in [2.05, 4.69) is 40.3 Å². The zero-order valence-electron chi connectivity index (χ0n) is 12.9. The molecule has 1 aromatic rings. The number of pyridine rings is 1. The fourth-order valence-corrected chi connectivity index (χ4v) is 1.91. The van der Waals surface area contributed by atoms with Crippen LogP contribution in [0.25, 0.3) is 0 Å². The van der Waals surface area contributed by atoms with Crippen LogP contribution in [-0.2, 0) is 22.6 Å². The summed E-state index contributed by atoms with van der Waals surface area (Å²) < 4.78 is 10.3. The highest BCUT2D eigenvalue weighted by Crippen LogP contribution is 2.04. The van der Waals surface area contributed by atoms with Gasteiger partial charge in [0.2, 0.25) is 0 Å². The number of aromatic nitrogens is 1. The molecule has 0 spiro atoms. The van der Waals surface area contributed by atoms with Crippen molar-refractivity contribution in [2.75, 3.05) is 47.1 Å². The highest BCUT2D eigenvalue weighted by atomic mass is 16.5. The standard InChI is InChI=1S/C15H27N3O2/c1-4-16-12-14-6-5-7-15(17-14)13-18(8-10-19-2)9-11-20-3/h5-7,16H,4,8-13H2,1-3H3. The third-order valence-electron chi connectivity index (χ3n) is 3.03. The molecule has 0 aliphatic carbocycles. The van der Waals surface area contributed by atoms with E-state index in [0.717, 1.165) is 57.3 Å². The molecule has 0 aliphatic rings. The lowest BCUT2D eigenvalue weighted by molar-refractivity contribution is 0.109. The molecule has 114 valence electrons. The zero-order valence-corrected chi connectivity index (χ0v) is 12.9. The minimum Gasteiger partial charge on any atom is -0.383 e. The molecule has 20 heavy (non-hydrogen) atoms. The fourth-order valence-electron chi connectivity index (χ4n) is 1.91. The molecule has 0 aromatic carbocycles. The van der Waals surface area contributed by atoms with Crippen LogP contribution in [0.2, 0.25) is 0 Å². The van der Waals surface area contributed by atoms with Crippen LogP contribution in [0.5, 0.6) is 0 Å². The van der Waals surface area contributed by atoms with Gasteiger partial charge in [0.25, 0.3) is 0 Å². The van der Waals surface area contributed by atoms with Gasteiger partial charge in [-0.1, -0.05) is 13.0 Å². The van der Waals surface area contributed by atoms with E-state index >= 15 is 0 Å². The second-order valence-corrected chi connectivity index (χ2v) is 4.66. The molecular weight excluding hydrogens is 254 g/mol. The van der Waals surface area contributed by atoms with Crippen LogP contribution in [0.3, 0.4) is 0 Å². The summed E-state index contributed by atoms with van der Waals surface area (Å²) in [6, 6.07) is 6.20. The van der Waals surface area contributed by atoms with E-state index in [1.165, 1.54) is 0 Å². The molecule has 1 rings (SSSR count). The van der Waals surface area contributed by atoms with E-state index in [1.807, 2.05) is 0 Å². The van der Waals surface area contributed by atoms with E-state index in [0.29, 0.717) is 0 Å². The number of hydrogen-bond donors (Lipinski definition) is 1. The predicted octanol–water partition coefficient (Wildman–Crippen LogP) is 1.29. The van der Waals surface area contributed by atoms with E-state index in [4.69, 9.17) is 9.47 Å². The van der Waals surface area contributed by atoms with Gasteiger partial charge >= 0.3 is 0 Å². The second-order valence-electron chi connectivity index (χ2n) is 4.66. The molecule has 1 N–H and O–H groups in total. The van der Waals surface area contributed by atoms with Crippen LogP contribution < -0.4 is 5.32 Å². The van der Waals surface area contributed by atoms with Crippen LogP contribution in [0, 0.1) is 0 Å². The maximum Gasteiger partial charge on any atom is 0.0589 e. The Kier molecular flexibility index (Phi) is 9.15. The molecule has 0 aliphatic heterocycles. The lowest BCUT2D eigenvalue weighted by atomic mass is 10.2. The smallest absolute Gasteiger partial charge is 0.0589 e. The fraction of sp³-hybridized carbons (Fsp3) is 0.667. The molecule has 1 aromatic heterocycles. The van der Waals surface area contributed by atoms with Crippen LogP contribution in [0.1, 0.15) is 18.3 Å². The van der Waals surface area contributed by atoms with Crippen LogP contribution >= 0.6 is 0 Å². The van der Waals surface area contributed by atoms with Crippen molar-refractivity contribution in [2.45, 2.75) is 20.0 Å². The first-order chi connectivity index (χ1) is 9.80. The molecule has 1 heterocycles. The normalized spacial score (nSPS) is 11.2. The summed E-state index contributed by atoms with van der Waals surface area (Å²) in [7, 11) is 3.45. The van der Waals surface area contributed by atoms with Gasteiger partial charge in [0, 0.05) is 40.4 Å². The second kappa shape index (κ2) is 10.7. The van der Waals surface area contributed by atoms with Crippen molar-refractivity contribution >= 4 is 0 Å². The van der Waals surface area contributed by atoms with Crippen LogP contribution in [0.15, 0.2) is 18.2 Å². The predicted molar refractivity (Wildman–Crippen MR) is 80.6 cm³/mol. The Morgan fingerprint density at radius 1 is 1.10 bits per heavy atom. The van der Waals surface area contributed by atoms with E-state index in [1.54, 1.807) is 14.2 Å². The zero-order chi connectivity index (χ0) is 14.6. The number of hydrogen-bond acceptors (Lipinski definition) is 5. The first kappa shape index (κ1) is 17.0. The number of rotatable bonds is 11. The number of nitrogens with one attached hydrogen (secondary N) is 1. The number of nitrogens with zero attached hydrogens (tertiary/aromatic N) is 2. The van der Waals surface area contributed by atoms with E-state index in [9.17, 15) is 0 Å². The van der Waals surface area contributed by atoms with Gasteiger partial charge in [0.05, 0.1) is 24.6 Å². The Labute approximate surface area is 122 Å². The summed E-state index contributed by atoms with van der Waals surface area (Å²) in [4.78, 5) is 6.98. The van der Waals surface area contributed by atoms with Crippen molar-refractivity contribution in [1.29, 1.82) is 0 Å². The van der Waals surface area contributed by atoms with Gasteiger partial charge in [0.15, 0.2) is 0 Å². The molecule has 0 saturated carbocycles. The van der Waals surface area contributed by atoms with Crippen LogP contribution in [-0.4, -0.2) is 57.0 Å². The maximum absolute atomic E-state index is 5.15. The molecule has 0 radical (unpaired) electrons. The lowest BCUT2D eigenvalue weighted by Gasteiger charge is -2.21. The van der Waals surface area contributed by atoms with Gasteiger partial charge in [-0.05, 0) is 18.7 Å². The van der Waals surface area contributed by atoms with Gasteiger partial charge in [-0.25, -0.2) is 0 Å². The average Bonchev–Trinajstić information content (AvgIpc) is 2.48. The van der Waals surface area contributed by atoms with Gasteiger partial charge in [-0.2, -0.15) is 0 Å². The molecule has 5 nitrogen and oxygen atoms in total. The summed E-state index contributed by atoms with van der Waals surface area (Å²) >= 11 is 0. The molecular formula is C15H27N3O2. The average molecular weight is 281 g/mol. The minimum atomic E-state index is 0.723. The van der Waals surface area contributed by atoms with Gasteiger partial charge in [-0.15, -0.1) is 0 Å². The topological polar surface area (TPSA) is 46.6 Å². The first-order valence-electron chi connectivity index (χ1n) is 7.16. The van der Waals surface area contributed by atoms with Gasteiger partial charge in [0.1, 0.15) is 0 Å². The number of ether oxygens (including phenoxy) is 2. The quantitative estimate of drug-likeness (QED) is 0.662. The molecule has 0 amide bonds. The van der Waals surface area contributed by atoms with Crippen molar-refractivity contribution in [3.05, 3.63) is 29.6 Å². The summed E-state index contributed by atoms with van der Waals surface area (Å²) in [6.07, 6.45) is 0. The Hall–Kier alpha value is -1.01. The van der Waals surface area contributed by atoms with Crippen molar-refractivity contribution in [2.24, 2.45) is 0 Å². The molecule has 5 heteroatoms. The van der Waals surface area contributed by atoms with Gasteiger partial charge in [-0.3, -0.25) is 9.88 Å². The highest BCUT2D eigenvalue weighted by molar-refractivity contribution is 5.11. The maximum atomic E-state index is 5.15. The molecule has 0 bridgehead atoms. The summed E-state index contributed by atoms with van der Waals surface area (Å²) in [5.74, 6) is 0. The van der Waals surface area contributed by atoms with Gasteiger partial charge < -0.3 is 14.8 Å². The SMILES string of the molecule is CCNCc1cccc(CN(CCOC)CCOC)n1. The Morgan fingerprint density at radius 2 is 1.75 bits per heavy atom. The Bertz CT molecular complexity index is 353. The Balaban J connectivity index is 2.56. The third kappa shape index (κ3) is 6.96. The molecule has 0 saturated heterocycles. The molecule has 0 fully saturated rings. The van der Waals surface area contributed by atoms with E-state index in [-0.39, 0.29) is 0 Å². The molecule has 0 atom stereocenters. The van der Waals surface area contributed by atoms with Crippen molar-refractivity contribution in [3.63, 3.8) is 0 Å². The van der Waals surface area contributed by atoms with Crippen molar-refractivity contribution in [3.8, 4) is 0 Å². The Morgan fingerprint density at radius 3 is 2.35 bits per heavy atom. The highest BCUT2D eigenvalue weighted by Gasteiger charge is 2.07. The van der Waals surface area contributed by atoms with Crippen LogP contribution in [0.4, 0.5) is 0 Å². The summed E-state index contributed by atoms with van der Waals surface area (Å²) in [6.45, 7) is 7.92. The third-order valence-corrected chi connectivity index (χ3v) is 3.03. The van der Waals surface area contributed by atoms with Crippen molar-refractivity contribution in [1.82, 2.24) is 15.2 Å². The lowest BCUT2D eigenvalue weighted by Crippen LogP contribution is -2.30. The molecule has 0 unspecified atom stereocenters. The minimum absolute atomic E-state index is 0.723. The number of methoxy groups -OCH3 is 2. The monoisotopic (exact) mass is 281 g/mol. The summed E-state index contributed by atoms with van der Waals surface area (Å²) in [5.41, 5.74) is 2.18. The largest absolute Gasteiger partial charge is 0.383 e. The van der Waals surface area contributed by atoms with E-state index < -0.39 is 0 Å². The first-order valence-corrected chi connectivity index (χ1v) is 7.16. The van der Waals surface area contributed by atoms with Crippen molar-refractivity contribution < 1.29 is 9.47 Å². The summed E-state index contributed by atoms with van der Waals surface area (Å²) in [5, 5.41) is 3.30.